The summed E-state index contributed by atoms with van der Waals surface area (Å²) in [6.45, 7) is 9.60. The number of piperazine rings is 1. The molecule has 2 aliphatic heterocycles. The Morgan fingerprint density at radius 1 is 1.12 bits per heavy atom. The van der Waals surface area contributed by atoms with Crippen molar-refractivity contribution in [2.24, 2.45) is 0 Å². The van der Waals surface area contributed by atoms with Crippen molar-refractivity contribution in [3.8, 4) is 11.5 Å². The standard InChI is InChI=1S/C17H22N4O2S/c1-12(2)16-18-17(24-19-16)21-7-5-20(6-8-21)10-13-3-4-14-15(9-13)23-11-22-14/h3-4,9,12H,5-8,10-11H2,1-2H3. The highest BCUT2D eigenvalue weighted by Gasteiger charge is 2.21. The minimum Gasteiger partial charge on any atom is -0.454 e. The second kappa shape index (κ2) is 6.57. The Morgan fingerprint density at radius 3 is 2.67 bits per heavy atom. The number of nitrogens with zero attached hydrogens (tertiary/aromatic N) is 4. The zero-order valence-electron chi connectivity index (χ0n) is 14.1. The van der Waals surface area contributed by atoms with Crippen LogP contribution in [0.3, 0.4) is 0 Å². The molecule has 7 heteroatoms. The van der Waals surface area contributed by atoms with Crippen molar-refractivity contribution in [3.63, 3.8) is 0 Å². The van der Waals surface area contributed by atoms with E-state index in [0.29, 0.717) is 12.7 Å². The number of anilines is 1. The van der Waals surface area contributed by atoms with E-state index in [1.165, 1.54) is 17.1 Å². The summed E-state index contributed by atoms with van der Waals surface area (Å²) in [4.78, 5) is 9.48. The number of aromatic nitrogens is 2. The van der Waals surface area contributed by atoms with Gasteiger partial charge in [-0.15, -0.1) is 0 Å². The van der Waals surface area contributed by atoms with E-state index < -0.39 is 0 Å². The third kappa shape index (κ3) is 3.18. The molecule has 4 rings (SSSR count). The topological polar surface area (TPSA) is 50.7 Å². The third-order valence-electron chi connectivity index (χ3n) is 4.43. The summed E-state index contributed by atoms with van der Waals surface area (Å²) in [5, 5.41) is 1.06. The Hall–Kier alpha value is -1.86. The van der Waals surface area contributed by atoms with E-state index >= 15 is 0 Å². The van der Waals surface area contributed by atoms with Crippen LogP contribution in [0.2, 0.25) is 0 Å². The molecule has 1 aromatic carbocycles. The Balaban J connectivity index is 1.34. The van der Waals surface area contributed by atoms with Gasteiger partial charge in [-0.3, -0.25) is 4.90 Å². The van der Waals surface area contributed by atoms with Crippen molar-refractivity contribution in [1.29, 1.82) is 0 Å². The molecule has 0 N–H and O–H groups in total. The molecule has 0 amide bonds. The molecule has 3 heterocycles. The highest BCUT2D eigenvalue weighted by Crippen LogP contribution is 2.33. The largest absolute Gasteiger partial charge is 0.454 e. The van der Waals surface area contributed by atoms with E-state index in [0.717, 1.165) is 55.2 Å². The Kier molecular flexibility index (Phi) is 4.28. The molecular formula is C17H22N4O2S. The van der Waals surface area contributed by atoms with Crippen LogP contribution in [0.4, 0.5) is 5.13 Å². The molecule has 0 unspecified atom stereocenters. The molecule has 1 saturated heterocycles. The quantitative estimate of drug-likeness (QED) is 0.848. The normalized spacial score (nSPS) is 17.7. The Labute approximate surface area is 146 Å². The molecule has 24 heavy (non-hydrogen) atoms. The fourth-order valence-electron chi connectivity index (χ4n) is 2.98. The number of benzene rings is 1. The van der Waals surface area contributed by atoms with Crippen molar-refractivity contribution in [1.82, 2.24) is 14.3 Å². The fraction of sp³-hybridized carbons (Fsp3) is 0.529. The summed E-state index contributed by atoms with van der Waals surface area (Å²) in [6.07, 6.45) is 0. The molecule has 0 bridgehead atoms. The van der Waals surface area contributed by atoms with Crippen LogP contribution in [-0.2, 0) is 6.54 Å². The minimum atomic E-state index is 0.331. The lowest BCUT2D eigenvalue weighted by molar-refractivity contribution is 0.174. The van der Waals surface area contributed by atoms with Crippen molar-refractivity contribution in [3.05, 3.63) is 29.6 Å². The number of hydrogen-bond acceptors (Lipinski definition) is 7. The molecule has 128 valence electrons. The van der Waals surface area contributed by atoms with Gasteiger partial charge in [-0.05, 0) is 17.7 Å². The first-order chi connectivity index (χ1) is 11.7. The zero-order chi connectivity index (χ0) is 16.5. The average molecular weight is 346 g/mol. The smallest absolute Gasteiger partial charge is 0.231 e. The lowest BCUT2D eigenvalue weighted by Crippen LogP contribution is -2.45. The van der Waals surface area contributed by atoms with Crippen LogP contribution in [-0.4, -0.2) is 47.2 Å². The second-order valence-electron chi connectivity index (χ2n) is 6.54. The molecule has 0 spiro atoms. The van der Waals surface area contributed by atoms with Crippen LogP contribution in [0.15, 0.2) is 18.2 Å². The average Bonchev–Trinajstić information content (AvgIpc) is 3.24. The molecule has 1 fully saturated rings. The summed E-state index contributed by atoms with van der Waals surface area (Å²) in [5.74, 6) is 3.06. The summed E-state index contributed by atoms with van der Waals surface area (Å²) in [5.41, 5.74) is 1.27. The van der Waals surface area contributed by atoms with Crippen LogP contribution in [0.5, 0.6) is 11.5 Å². The predicted molar refractivity (Wildman–Crippen MR) is 94.1 cm³/mol. The van der Waals surface area contributed by atoms with E-state index in [4.69, 9.17) is 9.47 Å². The minimum absolute atomic E-state index is 0.331. The lowest BCUT2D eigenvalue weighted by atomic mass is 10.1. The summed E-state index contributed by atoms with van der Waals surface area (Å²) in [7, 11) is 0. The van der Waals surface area contributed by atoms with Gasteiger partial charge in [-0.2, -0.15) is 4.37 Å². The maximum absolute atomic E-state index is 5.46. The lowest BCUT2D eigenvalue weighted by Gasteiger charge is -2.34. The third-order valence-corrected chi connectivity index (χ3v) is 5.22. The summed E-state index contributed by atoms with van der Waals surface area (Å²) >= 11 is 1.52. The van der Waals surface area contributed by atoms with Gasteiger partial charge in [0.1, 0.15) is 5.82 Å². The molecule has 2 aliphatic rings. The van der Waals surface area contributed by atoms with Crippen molar-refractivity contribution in [2.45, 2.75) is 26.3 Å². The molecule has 0 radical (unpaired) electrons. The fourth-order valence-corrected chi connectivity index (χ4v) is 3.84. The molecule has 0 saturated carbocycles. The Bertz CT molecular complexity index is 710. The molecule has 1 aromatic heterocycles. The molecule has 2 aromatic rings. The van der Waals surface area contributed by atoms with E-state index in [2.05, 4.69) is 45.1 Å². The van der Waals surface area contributed by atoms with Gasteiger partial charge in [-0.25, -0.2) is 4.98 Å². The highest BCUT2D eigenvalue weighted by atomic mass is 32.1. The van der Waals surface area contributed by atoms with Gasteiger partial charge in [0.2, 0.25) is 11.9 Å². The van der Waals surface area contributed by atoms with E-state index in [-0.39, 0.29) is 0 Å². The number of fused-ring (bicyclic) bond motifs is 1. The van der Waals surface area contributed by atoms with Crippen LogP contribution < -0.4 is 14.4 Å². The molecular weight excluding hydrogens is 324 g/mol. The Morgan fingerprint density at radius 2 is 1.92 bits per heavy atom. The first-order valence-corrected chi connectivity index (χ1v) is 9.16. The predicted octanol–water partition coefficient (Wildman–Crippen LogP) is 2.71. The molecule has 6 nitrogen and oxygen atoms in total. The van der Waals surface area contributed by atoms with Crippen LogP contribution in [0.25, 0.3) is 0 Å². The van der Waals surface area contributed by atoms with Crippen molar-refractivity contribution in [2.75, 3.05) is 37.9 Å². The SMILES string of the molecule is CC(C)c1nsc(N2CCN(Cc3ccc4c(c3)OCO4)CC2)n1. The van der Waals surface area contributed by atoms with Gasteiger partial charge in [0.25, 0.3) is 0 Å². The van der Waals surface area contributed by atoms with E-state index in [9.17, 15) is 0 Å². The maximum Gasteiger partial charge on any atom is 0.231 e. The summed E-state index contributed by atoms with van der Waals surface area (Å²) in [6, 6.07) is 6.22. The van der Waals surface area contributed by atoms with Crippen LogP contribution in [0.1, 0.15) is 31.2 Å². The van der Waals surface area contributed by atoms with Gasteiger partial charge in [0.15, 0.2) is 11.5 Å². The van der Waals surface area contributed by atoms with Gasteiger partial charge in [0.05, 0.1) is 0 Å². The first-order valence-electron chi connectivity index (χ1n) is 8.38. The van der Waals surface area contributed by atoms with E-state index in [1.807, 2.05) is 6.07 Å². The van der Waals surface area contributed by atoms with Gasteiger partial charge in [-0.1, -0.05) is 19.9 Å². The zero-order valence-corrected chi connectivity index (χ0v) is 14.9. The van der Waals surface area contributed by atoms with Gasteiger partial charge < -0.3 is 14.4 Å². The van der Waals surface area contributed by atoms with Gasteiger partial charge >= 0.3 is 0 Å². The second-order valence-corrected chi connectivity index (χ2v) is 7.27. The number of hydrogen-bond donors (Lipinski definition) is 0. The number of ether oxygens (including phenoxy) is 2. The maximum atomic E-state index is 5.46. The molecule has 0 atom stereocenters. The van der Waals surface area contributed by atoms with Crippen LogP contribution >= 0.6 is 11.5 Å². The highest BCUT2D eigenvalue weighted by molar-refractivity contribution is 7.09. The van der Waals surface area contributed by atoms with E-state index in [1.54, 1.807) is 0 Å². The molecule has 0 aliphatic carbocycles. The van der Waals surface area contributed by atoms with Crippen molar-refractivity contribution >= 4 is 16.7 Å². The van der Waals surface area contributed by atoms with Crippen molar-refractivity contribution < 1.29 is 9.47 Å². The monoisotopic (exact) mass is 346 g/mol. The van der Waals surface area contributed by atoms with Crippen LogP contribution in [0, 0.1) is 0 Å². The van der Waals surface area contributed by atoms with Gasteiger partial charge in [0, 0.05) is 50.2 Å². The number of rotatable bonds is 4. The first kappa shape index (κ1) is 15.7. The summed E-state index contributed by atoms with van der Waals surface area (Å²) < 4.78 is 15.3.